The van der Waals surface area contributed by atoms with Gasteiger partial charge in [-0.15, -0.1) is 0 Å². The predicted octanol–water partition coefficient (Wildman–Crippen LogP) is 3.89. The number of rotatable bonds is 6. The first kappa shape index (κ1) is 20.0. The van der Waals surface area contributed by atoms with Crippen LogP contribution in [-0.4, -0.2) is 52.2 Å². The zero-order valence-electron chi connectivity index (χ0n) is 15.6. The van der Waals surface area contributed by atoms with Gasteiger partial charge in [-0.1, -0.05) is 29.3 Å². The maximum absolute atomic E-state index is 6.25. The van der Waals surface area contributed by atoms with Crippen molar-refractivity contribution >= 4 is 29.2 Å². The molecule has 0 spiro atoms. The van der Waals surface area contributed by atoms with Crippen LogP contribution in [-0.2, 0) is 6.42 Å². The van der Waals surface area contributed by atoms with Gasteiger partial charge >= 0.3 is 0 Å². The van der Waals surface area contributed by atoms with Crippen LogP contribution >= 0.6 is 23.2 Å². The van der Waals surface area contributed by atoms with E-state index in [2.05, 4.69) is 32.3 Å². The number of hydrogen-bond donors (Lipinski definition) is 2. The Hall–Kier alpha value is -1.79. The third-order valence-electron chi connectivity index (χ3n) is 4.83. The van der Waals surface area contributed by atoms with Crippen LogP contribution in [0.5, 0.6) is 0 Å². The summed E-state index contributed by atoms with van der Waals surface area (Å²) >= 11 is 12.2. The first-order chi connectivity index (χ1) is 13.2. The number of nitrogens with zero attached hydrogens (tertiary/aromatic N) is 4. The van der Waals surface area contributed by atoms with Gasteiger partial charge in [-0.25, -0.2) is 4.98 Å². The lowest BCUT2D eigenvalue weighted by atomic mass is 9.96. The van der Waals surface area contributed by atoms with Crippen LogP contribution in [0.2, 0.25) is 10.0 Å². The van der Waals surface area contributed by atoms with Crippen molar-refractivity contribution < 1.29 is 0 Å². The molecular formula is C19H26Cl2N6. The lowest BCUT2D eigenvalue weighted by Gasteiger charge is -2.33. The van der Waals surface area contributed by atoms with E-state index in [1.165, 1.54) is 0 Å². The molecule has 0 aliphatic carbocycles. The third kappa shape index (κ3) is 5.59. The van der Waals surface area contributed by atoms with Gasteiger partial charge in [-0.3, -0.25) is 10.1 Å². The van der Waals surface area contributed by atoms with Crippen molar-refractivity contribution in [2.75, 3.05) is 26.2 Å². The largest absolute Gasteiger partial charge is 0.357 e. The van der Waals surface area contributed by atoms with E-state index in [1.54, 1.807) is 12.4 Å². The molecule has 6 nitrogen and oxygen atoms in total. The zero-order valence-corrected chi connectivity index (χ0v) is 17.1. The minimum atomic E-state index is 0.457. The predicted molar refractivity (Wildman–Crippen MR) is 111 cm³/mol. The Balaban J connectivity index is 1.50. The van der Waals surface area contributed by atoms with Crippen molar-refractivity contribution in [3.8, 4) is 0 Å². The van der Waals surface area contributed by atoms with Crippen molar-refractivity contribution in [2.24, 2.45) is 4.99 Å². The van der Waals surface area contributed by atoms with E-state index in [-0.39, 0.29) is 0 Å². The van der Waals surface area contributed by atoms with Crippen LogP contribution in [0.25, 0.3) is 0 Å². The average molecular weight is 409 g/mol. The minimum Gasteiger partial charge on any atom is -0.357 e. The van der Waals surface area contributed by atoms with Crippen LogP contribution in [0.1, 0.15) is 43.5 Å². The smallest absolute Gasteiger partial charge is 0.193 e. The van der Waals surface area contributed by atoms with Gasteiger partial charge in [-0.2, -0.15) is 5.10 Å². The lowest BCUT2D eigenvalue weighted by molar-refractivity contribution is 0.299. The van der Waals surface area contributed by atoms with Gasteiger partial charge in [0.2, 0.25) is 0 Å². The van der Waals surface area contributed by atoms with Crippen LogP contribution < -0.4 is 5.32 Å². The minimum absolute atomic E-state index is 0.457. The van der Waals surface area contributed by atoms with Crippen molar-refractivity contribution in [3.63, 3.8) is 0 Å². The van der Waals surface area contributed by atoms with Crippen LogP contribution in [0.3, 0.4) is 0 Å². The summed E-state index contributed by atoms with van der Waals surface area (Å²) < 4.78 is 0. The molecule has 1 fully saturated rings. The molecule has 8 heteroatoms. The Morgan fingerprint density at radius 3 is 2.81 bits per heavy atom. The molecule has 146 valence electrons. The zero-order chi connectivity index (χ0) is 19.1. The fourth-order valence-corrected chi connectivity index (χ4v) is 3.88. The molecule has 1 aromatic carbocycles. The normalized spacial score (nSPS) is 16.0. The van der Waals surface area contributed by atoms with Crippen molar-refractivity contribution in [1.82, 2.24) is 25.4 Å². The number of halogens is 2. The number of nitrogens with one attached hydrogen (secondary N) is 2. The number of aromatic amines is 1. The second-order valence-corrected chi connectivity index (χ2v) is 7.55. The highest BCUT2D eigenvalue weighted by atomic mass is 35.5. The van der Waals surface area contributed by atoms with Gasteiger partial charge in [0.15, 0.2) is 5.96 Å². The highest BCUT2D eigenvalue weighted by Crippen LogP contribution is 2.25. The fraction of sp³-hybridized carbons (Fsp3) is 0.526. The van der Waals surface area contributed by atoms with E-state index >= 15 is 0 Å². The molecule has 2 N–H and O–H groups in total. The first-order valence-electron chi connectivity index (χ1n) is 9.49. The number of benzene rings is 1. The van der Waals surface area contributed by atoms with Crippen molar-refractivity contribution in [2.45, 2.75) is 38.5 Å². The van der Waals surface area contributed by atoms with E-state index in [4.69, 9.17) is 28.2 Å². The molecule has 2 aromatic rings. The molecule has 1 aliphatic rings. The summed E-state index contributed by atoms with van der Waals surface area (Å²) in [5, 5.41) is 11.8. The Bertz CT molecular complexity index is 739. The second-order valence-electron chi connectivity index (χ2n) is 6.71. The Kier molecular flexibility index (Phi) is 7.35. The highest BCUT2D eigenvalue weighted by Gasteiger charge is 2.24. The Morgan fingerprint density at radius 1 is 1.33 bits per heavy atom. The second kappa shape index (κ2) is 9.95. The summed E-state index contributed by atoms with van der Waals surface area (Å²) in [4.78, 5) is 11.5. The van der Waals surface area contributed by atoms with Gasteiger partial charge in [0.25, 0.3) is 0 Å². The summed E-state index contributed by atoms with van der Waals surface area (Å²) in [6.45, 7) is 5.68. The number of aromatic nitrogens is 3. The number of hydrogen-bond acceptors (Lipinski definition) is 3. The van der Waals surface area contributed by atoms with Gasteiger partial charge in [0.1, 0.15) is 12.2 Å². The third-order valence-corrected chi connectivity index (χ3v) is 5.42. The number of H-pyrrole nitrogens is 1. The van der Waals surface area contributed by atoms with Crippen molar-refractivity contribution in [3.05, 3.63) is 46.0 Å². The van der Waals surface area contributed by atoms with Gasteiger partial charge in [0, 0.05) is 42.1 Å². The van der Waals surface area contributed by atoms with Gasteiger partial charge < -0.3 is 10.2 Å². The van der Waals surface area contributed by atoms with E-state index in [9.17, 15) is 0 Å². The van der Waals surface area contributed by atoms with E-state index in [0.29, 0.717) is 10.9 Å². The maximum Gasteiger partial charge on any atom is 0.193 e. The molecule has 0 saturated carbocycles. The van der Waals surface area contributed by atoms with Crippen LogP contribution in [0.4, 0.5) is 0 Å². The van der Waals surface area contributed by atoms with Crippen molar-refractivity contribution in [1.29, 1.82) is 0 Å². The fourth-order valence-electron chi connectivity index (χ4n) is 3.38. The molecule has 0 unspecified atom stereocenters. The number of aryl methyl sites for hydroxylation is 1. The Labute approximate surface area is 170 Å². The summed E-state index contributed by atoms with van der Waals surface area (Å²) in [7, 11) is 0. The molecule has 1 aliphatic heterocycles. The number of piperidine rings is 1. The monoisotopic (exact) mass is 408 g/mol. The number of likely N-dealkylation sites (tertiary alicyclic amines) is 1. The van der Waals surface area contributed by atoms with E-state index in [0.717, 1.165) is 74.2 Å². The molecule has 3 rings (SSSR count). The van der Waals surface area contributed by atoms with Crippen LogP contribution in [0.15, 0.2) is 29.5 Å². The summed E-state index contributed by atoms with van der Waals surface area (Å²) in [5.74, 6) is 2.45. The van der Waals surface area contributed by atoms with Crippen LogP contribution in [0, 0.1) is 0 Å². The molecule has 1 saturated heterocycles. The molecule has 1 aromatic heterocycles. The standard InChI is InChI=1S/C19H26Cl2N6/c1-2-22-19(23-9-3-4-14-5-6-16(20)12-17(14)21)27-10-7-15(8-11-27)18-24-13-25-26-18/h5-6,12-13,15H,2-4,7-11H2,1H3,(H,22,23)(H,24,25,26). The lowest BCUT2D eigenvalue weighted by Crippen LogP contribution is -2.45. The van der Waals surface area contributed by atoms with E-state index in [1.807, 2.05) is 12.1 Å². The van der Waals surface area contributed by atoms with Gasteiger partial charge in [-0.05, 0) is 50.3 Å². The SMILES string of the molecule is CCNC(=NCCCc1ccc(Cl)cc1Cl)N1CCC(c2ncn[nH]2)CC1. The highest BCUT2D eigenvalue weighted by molar-refractivity contribution is 6.35. The van der Waals surface area contributed by atoms with E-state index < -0.39 is 0 Å². The summed E-state index contributed by atoms with van der Waals surface area (Å²) in [6, 6.07) is 5.67. The van der Waals surface area contributed by atoms with Gasteiger partial charge in [0.05, 0.1) is 0 Å². The molecule has 0 atom stereocenters. The molecule has 27 heavy (non-hydrogen) atoms. The molecular weight excluding hydrogens is 383 g/mol. The number of aliphatic imine (C=N–C) groups is 1. The first-order valence-corrected chi connectivity index (χ1v) is 10.3. The quantitative estimate of drug-likeness (QED) is 0.432. The average Bonchev–Trinajstić information content (AvgIpc) is 3.21. The molecule has 0 amide bonds. The topological polar surface area (TPSA) is 69.2 Å². The molecule has 0 bridgehead atoms. The molecule has 2 heterocycles. The summed E-state index contributed by atoms with van der Waals surface area (Å²) in [5.41, 5.74) is 1.12. The number of guanidine groups is 1. The maximum atomic E-state index is 6.25. The summed E-state index contributed by atoms with van der Waals surface area (Å²) in [6.07, 6.45) is 5.54. The molecule has 0 radical (unpaired) electrons. The Morgan fingerprint density at radius 2 is 2.15 bits per heavy atom.